The topological polar surface area (TPSA) is 83.1 Å². The molecule has 0 saturated carbocycles. The normalized spacial score (nSPS) is 13.6. The maximum atomic E-state index is 11.4. The Morgan fingerprint density at radius 2 is 1.50 bits per heavy atom. The number of rotatable bonds is 20. The van der Waals surface area contributed by atoms with Gasteiger partial charge < -0.3 is 19.9 Å². The van der Waals surface area contributed by atoms with Crippen molar-refractivity contribution in [2.75, 3.05) is 19.8 Å². The van der Waals surface area contributed by atoms with Crippen LogP contribution in [0.15, 0.2) is 17.1 Å². The van der Waals surface area contributed by atoms with Gasteiger partial charge in [0.2, 0.25) is 0 Å². The fourth-order valence-corrected chi connectivity index (χ4v) is 3.94. The summed E-state index contributed by atoms with van der Waals surface area (Å²) >= 11 is 0. The van der Waals surface area contributed by atoms with E-state index in [0.29, 0.717) is 24.5 Å². The smallest absolute Gasteiger partial charge is 0.333 e. The molecule has 1 unspecified atom stereocenters. The molecule has 0 aliphatic heterocycles. The Kier molecular flexibility index (Phi) is 17.0. The SMILES string of the molecule is C=C(C)C(=O)OCCN=C(N)OC(C)(C)CCOC(C)(C)C(CCCCC)CCCCCCC. The second-order valence-electron chi connectivity index (χ2n) is 10.6. The Labute approximate surface area is 210 Å². The first-order valence-corrected chi connectivity index (χ1v) is 13.4. The van der Waals surface area contributed by atoms with E-state index in [1.54, 1.807) is 6.92 Å². The molecule has 0 heterocycles. The van der Waals surface area contributed by atoms with Crippen molar-refractivity contribution in [1.29, 1.82) is 0 Å². The molecule has 0 rings (SSSR count). The molecule has 0 aromatic rings. The highest BCUT2D eigenvalue weighted by Crippen LogP contribution is 2.32. The number of hydrogen-bond acceptors (Lipinski definition) is 5. The zero-order chi connectivity index (χ0) is 26.0. The molecule has 6 nitrogen and oxygen atoms in total. The number of aliphatic imine (C=N–C) groups is 1. The third-order valence-corrected chi connectivity index (χ3v) is 6.30. The van der Waals surface area contributed by atoms with Gasteiger partial charge in [-0.2, -0.15) is 0 Å². The van der Waals surface area contributed by atoms with Gasteiger partial charge in [0.25, 0.3) is 6.02 Å². The van der Waals surface area contributed by atoms with Gasteiger partial charge in [-0.25, -0.2) is 9.79 Å². The second kappa shape index (κ2) is 17.8. The summed E-state index contributed by atoms with van der Waals surface area (Å²) in [5.74, 6) is 0.141. The predicted molar refractivity (Wildman–Crippen MR) is 143 cm³/mol. The molecule has 1 atom stereocenters. The van der Waals surface area contributed by atoms with Gasteiger partial charge in [-0.05, 0) is 53.4 Å². The molecule has 0 aliphatic rings. The summed E-state index contributed by atoms with van der Waals surface area (Å²) in [5, 5.41) is 0. The van der Waals surface area contributed by atoms with Crippen molar-refractivity contribution in [2.24, 2.45) is 16.6 Å². The number of amidine groups is 1. The Balaban J connectivity index is 4.60. The number of carbonyl (C=O) groups excluding carboxylic acids is 1. The molecule has 6 heteroatoms. The van der Waals surface area contributed by atoms with Crippen LogP contribution in [0.3, 0.4) is 0 Å². The maximum absolute atomic E-state index is 11.4. The highest BCUT2D eigenvalue weighted by Gasteiger charge is 2.31. The zero-order valence-corrected chi connectivity index (χ0v) is 23.3. The first-order chi connectivity index (χ1) is 15.9. The molecule has 200 valence electrons. The zero-order valence-electron chi connectivity index (χ0n) is 23.3. The third-order valence-electron chi connectivity index (χ3n) is 6.30. The van der Waals surface area contributed by atoms with E-state index < -0.39 is 11.6 Å². The van der Waals surface area contributed by atoms with Crippen molar-refractivity contribution in [3.05, 3.63) is 12.2 Å². The van der Waals surface area contributed by atoms with Crippen LogP contribution in [-0.4, -0.2) is 43.0 Å². The van der Waals surface area contributed by atoms with Crippen LogP contribution in [0.4, 0.5) is 0 Å². The van der Waals surface area contributed by atoms with Crippen LogP contribution in [0.2, 0.25) is 0 Å². The van der Waals surface area contributed by atoms with E-state index in [1.165, 1.54) is 64.2 Å². The van der Waals surface area contributed by atoms with Crippen LogP contribution in [0.5, 0.6) is 0 Å². The lowest BCUT2D eigenvalue weighted by molar-refractivity contribution is -0.138. The molecule has 34 heavy (non-hydrogen) atoms. The van der Waals surface area contributed by atoms with Crippen molar-refractivity contribution >= 4 is 12.0 Å². The average molecular weight is 483 g/mol. The summed E-state index contributed by atoms with van der Waals surface area (Å²) < 4.78 is 17.3. The molecule has 0 aromatic carbocycles. The molecule has 0 radical (unpaired) electrons. The number of hydrogen-bond donors (Lipinski definition) is 1. The molecular formula is C28H54N2O4. The number of ether oxygens (including phenoxy) is 3. The lowest BCUT2D eigenvalue weighted by Crippen LogP contribution is -2.38. The Morgan fingerprint density at radius 1 is 0.941 bits per heavy atom. The summed E-state index contributed by atoms with van der Waals surface area (Å²) in [6.07, 6.45) is 13.5. The molecule has 0 bridgehead atoms. The molecular weight excluding hydrogens is 428 g/mol. The van der Waals surface area contributed by atoms with E-state index in [2.05, 4.69) is 39.3 Å². The van der Waals surface area contributed by atoms with Crippen molar-refractivity contribution in [3.63, 3.8) is 0 Å². The summed E-state index contributed by atoms with van der Waals surface area (Å²) in [5.41, 5.74) is 5.62. The maximum Gasteiger partial charge on any atom is 0.333 e. The quantitative estimate of drug-likeness (QED) is 0.0667. The van der Waals surface area contributed by atoms with Crippen molar-refractivity contribution in [1.82, 2.24) is 0 Å². The van der Waals surface area contributed by atoms with Crippen LogP contribution in [0, 0.1) is 5.92 Å². The fourth-order valence-electron chi connectivity index (χ4n) is 3.94. The summed E-state index contributed by atoms with van der Waals surface area (Å²) in [4.78, 5) is 15.5. The number of nitrogens with two attached hydrogens (primary N) is 1. The van der Waals surface area contributed by atoms with Gasteiger partial charge in [-0.15, -0.1) is 0 Å². The first kappa shape index (κ1) is 32.4. The van der Waals surface area contributed by atoms with Gasteiger partial charge in [0, 0.05) is 12.0 Å². The third kappa shape index (κ3) is 16.1. The van der Waals surface area contributed by atoms with E-state index in [0.717, 1.165) is 0 Å². The van der Waals surface area contributed by atoms with Crippen molar-refractivity contribution < 1.29 is 19.0 Å². The lowest BCUT2D eigenvalue weighted by atomic mass is 9.82. The predicted octanol–water partition coefficient (Wildman–Crippen LogP) is 6.96. The number of nitrogens with zero attached hydrogens (tertiary/aromatic N) is 1. The minimum Gasteiger partial charge on any atom is -0.460 e. The van der Waals surface area contributed by atoms with Crippen molar-refractivity contribution in [3.8, 4) is 0 Å². The molecule has 0 spiro atoms. The van der Waals surface area contributed by atoms with E-state index >= 15 is 0 Å². The summed E-state index contributed by atoms with van der Waals surface area (Å²) in [7, 11) is 0. The molecule has 0 amide bonds. The number of esters is 1. The van der Waals surface area contributed by atoms with Crippen molar-refractivity contribution in [2.45, 2.75) is 130 Å². The number of carbonyl (C=O) groups is 1. The second-order valence-corrected chi connectivity index (χ2v) is 10.6. The minimum absolute atomic E-state index is 0.0974. The van der Waals surface area contributed by atoms with Gasteiger partial charge in [-0.3, -0.25) is 0 Å². The van der Waals surface area contributed by atoms with E-state index in [9.17, 15) is 4.79 Å². The molecule has 0 fully saturated rings. The number of unbranched alkanes of at least 4 members (excludes halogenated alkanes) is 6. The van der Waals surface area contributed by atoms with Gasteiger partial charge in [0.1, 0.15) is 12.2 Å². The van der Waals surface area contributed by atoms with Crippen LogP contribution in [0.1, 0.15) is 119 Å². The molecule has 0 saturated heterocycles. The highest BCUT2D eigenvalue weighted by molar-refractivity contribution is 5.86. The minimum atomic E-state index is -0.504. The van der Waals surface area contributed by atoms with E-state index in [1.807, 2.05) is 13.8 Å². The van der Waals surface area contributed by atoms with Crippen LogP contribution in [0.25, 0.3) is 0 Å². The van der Waals surface area contributed by atoms with Gasteiger partial charge in [-0.1, -0.05) is 71.8 Å². The average Bonchev–Trinajstić information content (AvgIpc) is 2.74. The Bertz CT molecular complexity index is 599. The summed E-state index contributed by atoms with van der Waals surface area (Å²) in [6, 6.07) is 0.0974. The molecule has 0 aliphatic carbocycles. The fraction of sp³-hybridized carbons (Fsp3) is 0.857. The largest absolute Gasteiger partial charge is 0.460 e. The van der Waals surface area contributed by atoms with Crippen LogP contribution < -0.4 is 5.73 Å². The van der Waals surface area contributed by atoms with Gasteiger partial charge in [0.05, 0.1) is 18.8 Å². The summed E-state index contributed by atoms with van der Waals surface area (Å²) in [6.45, 7) is 19.1. The van der Waals surface area contributed by atoms with Gasteiger partial charge in [0.15, 0.2) is 0 Å². The van der Waals surface area contributed by atoms with Gasteiger partial charge >= 0.3 is 5.97 Å². The molecule has 0 aromatic heterocycles. The first-order valence-electron chi connectivity index (χ1n) is 13.4. The Morgan fingerprint density at radius 3 is 2.09 bits per heavy atom. The Hall–Kier alpha value is -1.56. The van der Waals surface area contributed by atoms with E-state index in [-0.39, 0.29) is 24.8 Å². The monoisotopic (exact) mass is 482 g/mol. The van der Waals surface area contributed by atoms with Crippen LogP contribution in [-0.2, 0) is 19.0 Å². The van der Waals surface area contributed by atoms with Crippen LogP contribution >= 0.6 is 0 Å². The molecule has 2 N–H and O–H groups in total. The highest BCUT2D eigenvalue weighted by atomic mass is 16.5. The lowest BCUT2D eigenvalue weighted by Gasteiger charge is -2.36. The van der Waals surface area contributed by atoms with E-state index in [4.69, 9.17) is 19.9 Å². The standard InChI is InChI=1S/C28H54N2O4/c1-9-11-13-14-16-18-24(17-15-12-10-2)28(7,8)33-21-19-27(5,6)34-26(29)30-20-22-32-25(31)23(3)4/h24H,3,9-22H2,1-2,4-8H3,(H2,29,30).